The first-order valence-corrected chi connectivity index (χ1v) is 5.81. The second kappa shape index (κ2) is 4.50. The van der Waals surface area contributed by atoms with Gasteiger partial charge in [0.2, 0.25) is 0 Å². The highest BCUT2D eigenvalue weighted by atomic mass is 35.5. The van der Waals surface area contributed by atoms with Gasteiger partial charge in [-0.05, 0) is 36.8 Å². The molecule has 0 saturated heterocycles. The number of rotatable bonds is 3. The fourth-order valence-corrected chi connectivity index (χ4v) is 2.36. The number of alkyl halides is 1. The third kappa shape index (κ3) is 2.21. The zero-order valence-electron chi connectivity index (χ0n) is 7.92. The van der Waals surface area contributed by atoms with Gasteiger partial charge in [0.05, 0.1) is 5.02 Å². The van der Waals surface area contributed by atoms with Crippen LogP contribution in [0.2, 0.25) is 5.02 Å². The van der Waals surface area contributed by atoms with E-state index in [0.717, 1.165) is 17.0 Å². The summed E-state index contributed by atoms with van der Waals surface area (Å²) in [5.74, 6) is 0.695. The van der Waals surface area contributed by atoms with E-state index in [1.807, 2.05) is 6.07 Å². The molecule has 14 heavy (non-hydrogen) atoms. The van der Waals surface area contributed by atoms with Gasteiger partial charge in [0, 0.05) is 17.8 Å². The van der Waals surface area contributed by atoms with E-state index in [1.54, 1.807) is 12.4 Å². The molecule has 1 unspecified atom stereocenters. The second-order valence-corrected chi connectivity index (χ2v) is 4.85. The van der Waals surface area contributed by atoms with Crippen molar-refractivity contribution in [3.8, 4) is 0 Å². The van der Waals surface area contributed by atoms with E-state index in [1.165, 1.54) is 19.3 Å². The summed E-state index contributed by atoms with van der Waals surface area (Å²) in [6, 6.07) is 1.95. The highest BCUT2D eigenvalue weighted by Gasteiger charge is 2.25. The van der Waals surface area contributed by atoms with Crippen LogP contribution in [0.3, 0.4) is 0 Å². The van der Waals surface area contributed by atoms with Crippen molar-refractivity contribution in [1.29, 1.82) is 0 Å². The smallest absolute Gasteiger partial charge is 0.0621 e. The van der Waals surface area contributed by atoms with E-state index in [9.17, 15) is 0 Å². The van der Waals surface area contributed by atoms with Gasteiger partial charge in [-0.15, -0.1) is 11.6 Å². The Morgan fingerprint density at radius 1 is 1.50 bits per heavy atom. The number of aromatic nitrogens is 1. The molecule has 3 heteroatoms. The Kier molecular flexibility index (Phi) is 3.30. The first-order valence-electron chi connectivity index (χ1n) is 5.00. The highest BCUT2D eigenvalue weighted by molar-refractivity contribution is 6.31. The van der Waals surface area contributed by atoms with Crippen LogP contribution >= 0.6 is 23.2 Å². The predicted octanol–water partition coefficient (Wildman–Crippen LogP) is 3.69. The van der Waals surface area contributed by atoms with Gasteiger partial charge in [-0.3, -0.25) is 4.98 Å². The van der Waals surface area contributed by atoms with Crippen molar-refractivity contribution in [2.24, 2.45) is 5.92 Å². The minimum Gasteiger partial charge on any atom is -0.263 e. The topological polar surface area (TPSA) is 12.9 Å². The molecule has 1 fully saturated rings. The summed E-state index contributed by atoms with van der Waals surface area (Å²) in [6.07, 6.45) is 8.20. The lowest BCUT2D eigenvalue weighted by atomic mass is 9.81. The minimum absolute atomic E-state index is 0.239. The maximum absolute atomic E-state index is 6.31. The summed E-state index contributed by atoms with van der Waals surface area (Å²) < 4.78 is 0. The van der Waals surface area contributed by atoms with Gasteiger partial charge in [0.15, 0.2) is 0 Å². The maximum Gasteiger partial charge on any atom is 0.0621 e. The van der Waals surface area contributed by atoms with E-state index < -0.39 is 0 Å². The predicted molar refractivity (Wildman–Crippen MR) is 59.9 cm³/mol. The third-order valence-corrected chi connectivity index (χ3v) is 3.78. The van der Waals surface area contributed by atoms with Crippen molar-refractivity contribution in [3.05, 3.63) is 29.0 Å². The van der Waals surface area contributed by atoms with Crippen molar-refractivity contribution in [2.45, 2.75) is 31.1 Å². The van der Waals surface area contributed by atoms with Gasteiger partial charge in [0.25, 0.3) is 0 Å². The van der Waals surface area contributed by atoms with Crippen molar-refractivity contribution < 1.29 is 0 Å². The van der Waals surface area contributed by atoms with Crippen molar-refractivity contribution in [2.75, 3.05) is 0 Å². The molecule has 1 saturated carbocycles. The first kappa shape index (κ1) is 10.3. The Morgan fingerprint density at radius 2 is 2.29 bits per heavy atom. The summed E-state index contributed by atoms with van der Waals surface area (Å²) in [5.41, 5.74) is 1.12. The third-order valence-electron chi connectivity index (χ3n) is 2.93. The largest absolute Gasteiger partial charge is 0.263 e. The van der Waals surface area contributed by atoms with Crippen LogP contribution in [0.4, 0.5) is 0 Å². The Balaban J connectivity index is 1.99. The summed E-state index contributed by atoms with van der Waals surface area (Å²) in [4.78, 5) is 3.96. The van der Waals surface area contributed by atoms with E-state index in [-0.39, 0.29) is 5.38 Å². The Labute approximate surface area is 94.4 Å². The van der Waals surface area contributed by atoms with Gasteiger partial charge in [0.1, 0.15) is 0 Å². The average Bonchev–Trinajstić information content (AvgIpc) is 2.05. The molecule has 76 valence electrons. The minimum atomic E-state index is 0.239. The van der Waals surface area contributed by atoms with Crippen LogP contribution in [0, 0.1) is 5.92 Å². The number of halogens is 2. The maximum atomic E-state index is 6.31. The molecule has 0 radical (unpaired) electrons. The van der Waals surface area contributed by atoms with Crippen LogP contribution in [0.5, 0.6) is 0 Å². The molecule has 0 amide bonds. The fraction of sp³-hybridized carbons (Fsp3) is 0.545. The molecule has 0 aliphatic heterocycles. The van der Waals surface area contributed by atoms with Crippen LogP contribution < -0.4 is 0 Å². The monoisotopic (exact) mass is 229 g/mol. The molecule has 0 spiro atoms. The molecular weight excluding hydrogens is 217 g/mol. The van der Waals surface area contributed by atoms with Crippen LogP contribution in [0.1, 0.15) is 24.8 Å². The van der Waals surface area contributed by atoms with Crippen LogP contribution in [-0.4, -0.2) is 10.4 Å². The molecule has 0 aromatic carbocycles. The fourth-order valence-electron chi connectivity index (χ4n) is 1.75. The van der Waals surface area contributed by atoms with Crippen LogP contribution in [0.25, 0.3) is 0 Å². The van der Waals surface area contributed by atoms with E-state index in [4.69, 9.17) is 23.2 Å². The summed E-state index contributed by atoms with van der Waals surface area (Å²) >= 11 is 12.3. The molecule has 1 nitrogen and oxygen atoms in total. The number of pyridine rings is 1. The quantitative estimate of drug-likeness (QED) is 0.721. The standard InChI is InChI=1S/C11H13Cl2N/c12-10(8-2-1-3-8)6-9-4-5-14-7-11(9)13/h4-5,7-8,10H,1-3,6H2. The van der Waals surface area contributed by atoms with E-state index >= 15 is 0 Å². The second-order valence-electron chi connectivity index (χ2n) is 3.88. The molecule has 0 bridgehead atoms. The van der Waals surface area contributed by atoms with Crippen molar-refractivity contribution >= 4 is 23.2 Å². The lowest BCUT2D eigenvalue weighted by Gasteiger charge is -2.30. The van der Waals surface area contributed by atoms with Gasteiger partial charge in [-0.1, -0.05) is 18.0 Å². The normalized spacial score (nSPS) is 19.0. The van der Waals surface area contributed by atoms with Crippen molar-refractivity contribution in [1.82, 2.24) is 4.98 Å². The number of hydrogen-bond donors (Lipinski definition) is 0. The molecule has 1 aliphatic carbocycles. The first-order chi connectivity index (χ1) is 6.77. The van der Waals surface area contributed by atoms with Gasteiger partial charge in [-0.2, -0.15) is 0 Å². The van der Waals surface area contributed by atoms with Gasteiger partial charge < -0.3 is 0 Å². The molecule has 1 aliphatic rings. The molecule has 1 atom stereocenters. The van der Waals surface area contributed by atoms with Crippen LogP contribution in [0.15, 0.2) is 18.5 Å². The number of hydrogen-bond acceptors (Lipinski definition) is 1. The molecule has 1 heterocycles. The Hall–Kier alpha value is -0.270. The SMILES string of the molecule is Clc1cnccc1CC(Cl)C1CCC1. The molecular formula is C11H13Cl2N. The van der Waals surface area contributed by atoms with Gasteiger partial charge in [-0.25, -0.2) is 0 Å². The van der Waals surface area contributed by atoms with Crippen LogP contribution in [-0.2, 0) is 6.42 Å². The lowest BCUT2D eigenvalue weighted by Crippen LogP contribution is -2.24. The summed E-state index contributed by atoms with van der Waals surface area (Å²) in [6.45, 7) is 0. The molecule has 2 rings (SSSR count). The zero-order chi connectivity index (χ0) is 9.97. The average molecular weight is 230 g/mol. The molecule has 1 aromatic heterocycles. The summed E-state index contributed by atoms with van der Waals surface area (Å²) in [7, 11) is 0. The summed E-state index contributed by atoms with van der Waals surface area (Å²) in [5, 5.41) is 0.973. The Morgan fingerprint density at radius 3 is 2.86 bits per heavy atom. The Bertz CT molecular complexity index is 310. The molecule has 0 N–H and O–H groups in total. The highest BCUT2D eigenvalue weighted by Crippen LogP contribution is 2.34. The number of nitrogens with zero attached hydrogens (tertiary/aromatic N) is 1. The van der Waals surface area contributed by atoms with Gasteiger partial charge >= 0.3 is 0 Å². The lowest BCUT2D eigenvalue weighted by molar-refractivity contribution is 0.302. The van der Waals surface area contributed by atoms with E-state index in [0.29, 0.717) is 5.92 Å². The van der Waals surface area contributed by atoms with Crippen molar-refractivity contribution in [3.63, 3.8) is 0 Å². The molecule has 1 aromatic rings. The zero-order valence-corrected chi connectivity index (χ0v) is 9.43. The van der Waals surface area contributed by atoms with E-state index in [2.05, 4.69) is 4.98 Å².